The van der Waals surface area contributed by atoms with Gasteiger partial charge in [-0.05, 0) is 43.1 Å². The summed E-state index contributed by atoms with van der Waals surface area (Å²) in [7, 11) is -3.35. The summed E-state index contributed by atoms with van der Waals surface area (Å²) in [6, 6.07) is 3.30. The van der Waals surface area contributed by atoms with E-state index in [4.69, 9.17) is 0 Å². The number of hydrogen-bond donors (Lipinski definition) is 2. The summed E-state index contributed by atoms with van der Waals surface area (Å²) >= 11 is 0. The van der Waals surface area contributed by atoms with Crippen molar-refractivity contribution >= 4 is 26.8 Å². The molecule has 0 bridgehead atoms. The zero-order valence-corrected chi connectivity index (χ0v) is 12.1. The molecule has 1 heterocycles. The third-order valence-corrected chi connectivity index (χ3v) is 3.99. The smallest absolute Gasteiger partial charge is 0.179 e. The van der Waals surface area contributed by atoms with Crippen LogP contribution in [0.5, 0.6) is 5.75 Å². The average Bonchev–Trinajstić information content (AvgIpc) is 2.41. The fraction of sp³-hybridized carbons (Fsp3) is 0.455. The van der Waals surface area contributed by atoms with Gasteiger partial charge in [0.1, 0.15) is 10.6 Å². The second-order valence-corrected chi connectivity index (χ2v) is 6.06. The number of benzene rings is 1. The van der Waals surface area contributed by atoms with Crippen molar-refractivity contribution in [3.8, 4) is 5.75 Å². The van der Waals surface area contributed by atoms with Gasteiger partial charge in [0.05, 0.1) is 0 Å². The van der Waals surface area contributed by atoms with E-state index in [-0.39, 0.29) is 27.6 Å². The highest BCUT2D eigenvalue weighted by atomic mass is 79.9. The number of hydrogen-bond acceptors (Lipinski definition) is 4. The Labute approximate surface area is 112 Å². The van der Waals surface area contributed by atoms with Crippen LogP contribution in [0.25, 0.3) is 0 Å². The predicted molar refractivity (Wildman–Crippen MR) is 71.8 cm³/mol. The Bertz CT molecular complexity index is 514. The molecule has 0 aliphatic carbocycles. The monoisotopic (exact) mass is 321 g/mol. The number of halogens is 1. The Morgan fingerprint density at radius 1 is 1.24 bits per heavy atom. The van der Waals surface area contributed by atoms with Gasteiger partial charge in [-0.3, -0.25) is 0 Å². The van der Waals surface area contributed by atoms with E-state index in [9.17, 15) is 13.5 Å². The standard InChI is InChI=1S/C11H15NO3S.BrH/c1-16(14,15)10-3-2-8-4-6-12-7-5-9(8)11(10)13;/h2-3,12-13H,4-7H2,1H3;1H. The van der Waals surface area contributed by atoms with Gasteiger partial charge >= 0.3 is 0 Å². The maximum absolute atomic E-state index is 11.4. The van der Waals surface area contributed by atoms with Crippen LogP contribution in [-0.4, -0.2) is 32.9 Å². The van der Waals surface area contributed by atoms with Gasteiger partial charge < -0.3 is 10.4 Å². The molecule has 0 fully saturated rings. The number of phenols is 1. The molecule has 17 heavy (non-hydrogen) atoms. The Morgan fingerprint density at radius 3 is 2.53 bits per heavy atom. The molecular weight excluding hydrogens is 306 g/mol. The molecule has 0 spiro atoms. The first-order valence-corrected chi connectivity index (χ1v) is 7.14. The first-order chi connectivity index (χ1) is 7.50. The molecule has 1 aliphatic rings. The summed E-state index contributed by atoms with van der Waals surface area (Å²) in [5.74, 6) is -0.0660. The van der Waals surface area contributed by atoms with Crippen molar-refractivity contribution in [1.82, 2.24) is 5.32 Å². The summed E-state index contributed by atoms with van der Waals surface area (Å²) in [4.78, 5) is 0.0353. The molecule has 4 nitrogen and oxygen atoms in total. The van der Waals surface area contributed by atoms with E-state index in [1.807, 2.05) is 0 Å². The lowest BCUT2D eigenvalue weighted by Gasteiger charge is -2.11. The largest absolute Gasteiger partial charge is 0.506 e. The summed E-state index contributed by atoms with van der Waals surface area (Å²) in [5, 5.41) is 13.2. The van der Waals surface area contributed by atoms with E-state index >= 15 is 0 Å². The molecule has 0 amide bonds. The molecule has 1 aromatic rings. The summed E-state index contributed by atoms with van der Waals surface area (Å²) in [6.07, 6.45) is 2.61. The minimum Gasteiger partial charge on any atom is -0.506 e. The highest BCUT2D eigenvalue weighted by Gasteiger charge is 2.19. The zero-order valence-electron chi connectivity index (χ0n) is 9.56. The first-order valence-electron chi connectivity index (χ1n) is 5.24. The van der Waals surface area contributed by atoms with Crippen molar-refractivity contribution in [3.05, 3.63) is 23.3 Å². The van der Waals surface area contributed by atoms with Crippen LogP contribution in [0.2, 0.25) is 0 Å². The van der Waals surface area contributed by atoms with E-state index in [1.165, 1.54) is 6.07 Å². The Morgan fingerprint density at radius 2 is 1.88 bits per heavy atom. The van der Waals surface area contributed by atoms with E-state index in [2.05, 4.69) is 5.32 Å². The number of nitrogens with one attached hydrogen (secondary N) is 1. The van der Waals surface area contributed by atoms with Gasteiger partial charge in [-0.15, -0.1) is 17.0 Å². The zero-order chi connectivity index (χ0) is 11.8. The molecule has 0 unspecified atom stereocenters. The predicted octanol–water partition coefficient (Wildman–Crippen LogP) is 1.06. The van der Waals surface area contributed by atoms with Gasteiger partial charge in [-0.2, -0.15) is 0 Å². The third kappa shape index (κ3) is 3.00. The minimum absolute atomic E-state index is 0. The van der Waals surface area contributed by atoms with E-state index < -0.39 is 9.84 Å². The van der Waals surface area contributed by atoms with Gasteiger partial charge in [0.25, 0.3) is 0 Å². The van der Waals surface area contributed by atoms with Gasteiger partial charge in [0.2, 0.25) is 0 Å². The van der Waals surface area contributed by atoms with Crippen LogP contribution in [0.3, 0.4) is 0 Å². The van der Waals surface area contributed by atoms with Crippen molar-refractivity contribution in [1.29, 1.82) is 0 Å². The fourth-order valence-electron chi connectivity index (χ4n) is 2.03. The summed E-state index contributed by atoms with van der Waals surface area (Å²) in [5.41, 5.74) is 1.81. The van der Waals surface area contributed by atoms with Crippen molar-refractivity contribution in [2.45, 2.75) is 17.7 Å². The maximum atomic E-state index is 11.4. The Kier molecular flexibility index (Phi) is 4.57. The van der Waals surface area contributed by atoms with Crippen molar-refractivity contribution < 1.29 is 13.5 Å². The fourth-order valence-corrected chi connectivity index (χ4v) is 2.82. The van der Waals surface area contributed by atoms with Crippen molar-refractivity contribution in [2.75, 3.05) is 19.3 Å². The highest BCUT2D eigenvalue weighted by Crippen LogP contribution is 2.30. The molecule has 0 saturated carbocycles. The van der Waals surface area contributed by atoms with Crippen LogP contribution < -0.4 is 5.32 Å². The molecule has 2 rings (SSSR count). The van der Waals surface area contributed by atoms with E-state index in [0.717, 1.165) is 36.9 Å². The Balaban J connectivity index is 0.00000144. The van der Waals surface area contributed by atoms with E-state index in [0.29, 0.717) is 6.42 Å². The third-order valence-electron chi connectivity index (χ3n) is 2.87. The van der Waals surface area contributed by atoms with Crippen molar-refractivity contribution in [2.24, 2.45) is 0 Å². The molecular formula is C11H16BrNO3S. The summed E-state index contributed by atoms with van der Waals surface area (Å²) < 4.78 is 22.9. The molecule has 0 saturated heterocycles. The lowest BCUT2D eigenvalue weighted by molar-refractivity contribution is 0.451. The molecule has 1 aliphatic heterocycles. The number of aromatic hydroxyl groups is 1. The Hall–Kier alpha value is -0.590. The lowest BCUT2D eigenvalue weighted by atomic mass is 10.0. The molecule has 96 valence electrons. The minimum atomic E-state index is -3.35. The van der Waals surface area contributed by atoms with Crippen LogP contribution in [0.4, 0.5) is 0 Å². The lowest BCUT2D eigenvalue weighted by Crippen LogP contribution is -2.16. The van der Waals surface area contributed by atoms with E-state index in [1.54, 1.807) is 6.07 Å². The first kappa shape index (κ1) is 14.5. The number of sulfone groups is 1. The molecule has 0 aromatic heterocycles. The number of fused-ring (bicyclic) bond motifs is 1. The topological polar surface area (TPSA) is 66.4 Å². The van der Waals surface area contributed by atoms with Crippen LogP contribution in [0.1, 0.15) is 11.1 Å². The average molecular weight is 322 g/mol. The molecule has 0 atom stereocenters. The highest BCUT2D eigenvalue weighted by molar-refractivity contribution is 8.93. The SMILES string of the molecule is Br.CS(=O)(=O)c1ccc2c(c1O)CCNCC2. The second-order valence-electron chi connectivity index (χ2n) is 4.07. The van der Waals surface area contributed by atoms with Crippen LogP contribution >= 0.6 is 17.0 Å². The molecule has 1 aromatic carbocycles. The van der Waals surface area contributed by atoms with Gasteiger partial charge in [-0.25, -0.2) is 8.42 Å². The number of phenolic OH excluding ortho intramolecular Hbond substituents is 1. The summed E-state index contributed by atoms with van der Waals surface area (Å²) in [6.45, 7) is 1.64. The van der Waals surface area contributed by atoms with Gasteiger partial charge in [0, 0.05) is 6.26 Å². The molecule has 0 radical (unpaired) electrons. The normalized spacial score (nSPS) is 15.6. The van der Waals surface area contributed by atoms with Gasteiger partial charge in [-0.1, -0.05) is 6.07 Å². The van der Waals surface area contributed by atoms with Gasteiger partial charge in [0.15, 0.2) is 9.84 Å². The molecule has 2 N–H and O–H groups in total. The second kappa shape index (κ2) is 5.37. The van der Waals surface area contributed by atoms with Crippen molar-refractivity contribution in [3.63, 3.8) is 0 Å². The quantitative estimate of drug-likeness (QED) is 0.811. The van der Waals surface area contributed by atoms with Crippen LogP contribution in [-0.2, 0) is 22.7 Å². The van der Waals surface area contributed by atoms with Crippen LogP contribution in [0, 0.1) is 0 Å². The maximum Gasteiger partial charge on any atom is 0.179 e. The number of rotatable bonds is 1. The molecule has 6 heteroatoms. The van der Waals surface area contributed by atoms with Crippen LogP contribution in [0.15, 0.2) is 17.0 Å².